The van der Waals surface area contributed by atoms with E-state index in [1.807, 2.05) is 12.1 Å². The summed E-state index contributed by atoms with van der Waals surface area (Å²) < 4.78 is 12.7. The van der Waals surface area contributed by atoms with Gasteiger partial charge in [-0.25, -0.2) is 9.37 Å². The molecule has 0 radical (unpaired) electrons. The fourth-order valence-electron chi connectivity index (χ4n) is 1.90. The number of anilines is 1. The van der Waals surface area contributed by atoms with Gasteiger partial charge in [0.2, 0.25) is 0 Å². The third-order valence-electron chi connectivity index (χ3n) is 2.83. The highest BCUT2D eigenvalue weighted by Crippen LogP contribution is 2.11. The first-order valence-electron chi connectivity index (χ1n) is 6.56. The minimum atomic E-state index is -0.430. The standard InChI is InChI=1S/C16H17FN2O/c1-11(2)9-12-3-5-13(6-4-12)16(20)19-15-8-7-14(17)10-18-15/h3-8,10-11H,9H2,1-2H3,(H,18,19,20). The van der Waals surface area contributed by atoms with Crippen LogP contribution >= 0.6 is 0 Å². The highest BCUT2D eigenvalue weighted by molar-refractivity contribution is 6.03. The largest absolute Gasteiger partial charge is 0.307 e. The Labute approximate surface area is 117 Å². The van der Waals surface area contributed by atoms with Crippen molar-refractivity contribution >= 4 is 11.7 Å². The number of carbonyl (C=O) groups excluding carboxylic acids is 1. The van der Waals surface area contributed by atoms with Gasteiger partial charge >= 0.3 is 0 Å². The van der Waals surface area contributed by atoms with Crippen molar-refractivity contribution in [3.63, 3.8) is 0 Å². The van der Waals surface area contributed by atoms with E-state index in [0.717, 1.165) is 12.6 Å². The van der Waals surface area contributed by atoms with E-state index in [1.54, 1.807) is 12.1 Å². The Morgan fingerprint density at radius 2 is 1.90 bits per heavy atom. The van der Waals surface area contributed by atoms with Gasteiger partial charge in [-0.3, -0.25) is 4.79 Å². The molecule has 1 heterocycles. The number of amides is 1. The van der Waals surface area contributed by atoms with Crippen molar-refractivity contribution in [3.05, 3.63) is 59.5 Å². The molecule has 0 aliphatic heterocycles. The lowest BCUT2D eigenvalue weighted by molar-refractivity contribution is 0.102. The molecule has 2 rings (SSSR count). The Morgan fingerprint density at radius 1 is 1.20 bits per heavy atom. The number of pyridine rings is 1. The van der Waals surface area contributed by atoms with Crippen molar-refractivity contribution < 1.29 is 9.18 Å². The minimum absolute atomic E-state index is 0.250. The quantitative estimate of drug-likeness (QED) is 0.922. The first-order valence-corrected chi connectivity index (χ1v) is 6.56. The lowest BCUT2D eigenvalue weighted by Crippen LogP contribution is -2.13. The van der Waals surface area contributed by atoms with Gasteiger partial charge in [0.25, 0.3) is 5.91 Å². The molecule has 104 valence electrons. The maximum atomic E-state index is 12.7. The van der Waals surface area contributed by atoms with Crippen molar-refractivity contribution in [2.75, 3.05) is 5.32 Å². The van der Waals surface area contributed by atoms with E-state index in [0.29, 0.717) is 17.3 Å². The summed E-state index contributed by atoms with van der Waals surface area (Å²) in [6.07, 6.45) is 2.06. The fourth-order valence-corrected chi connectivity index (χ4v) is 1.90. The number of rotatable bonds is 4. The Balaban J connectivity index is 2.03. The van der Waals surface area contributed by atoms with Crippen molar-refractivity contribution in [3.8, 4) is 0 Å². The van der Waals surface area contributed by atoms with Crippen molar-refractivity contribution in [1.29, 1.82) is 0 Å². The lowest BCUT2D eigenvalue weighted by atomic mass is 10.0. The maximum absolute atomic E-state index is 12.7. The molecule has 0 saturated heterocycles. The van der Waals surface area contributed by atoms with Gasteiger partial charge < -0.3 is 5.32 Å². The van der Waals surface area contributed by atoms with E-state index >= 15 is 0 Å². The predicted octanol–water partition coefficient (Wildman–Crippen LogP) is 3.67. The van der Waals surface area contributed by atoms with Crippen LogP contribution in [0, 0.1) is 11.7 Å². The van der Waals surface area contributed by atoms with Gasteiger partial charge in [-0.1, -0.05) is 26.0 Å². The summed E-state index contributed by atoms with van der Waals surface area (Å²) in [4.78, 5) is 15.8. The van der Waals surface area contributed by atoms with E-state index in [-0.39, 0.29) is 5.91 Å². The van der Waals surface area contributed by atoms with E-state index in [9.17, 15) is 9.18 Å². The molecule has 0 aliphatic carbocycles. The molecular weight excluding hydrogens is 255 g/mol. The zero-order valence-corrected chi connectivity index (χ0v) is 11.6. The Bertz CT molecular complexity index is 576. The lowest BCUT2D eigenvalue weighted by Gasteiger charge is -2.07. The molecule has 20 heavy (non-hydrogen) atoms. The number of nitrogens with one attached hydrogen (secondary N) is 1. The normalized spacial score (nSPS) is 10.6. The van der Waals surface area contributed by atoms with Gasteiger partial charge in [0.05, 0.1) is 6.20 Å². The second-order valence-corrected chi connectivity index (χ2v) is 5.11. The number of hydrogen-bond acceptors (Lipinski definition) is 2. The van der Waals surface area contributed by atoms with E-state index in [1.165, 1.54) is 17.7 Å². The Kier molecular flexibility index (Phi) is 4.45. The summed E-state index contributed by atoms with van der Waals surface area (Å²) in [6, 6.07) is 10.2. The summed E-state index contributed by atoms with van der Waals surface area (Å²) in [5, 5.41) is 2.63. The molecule has 0 spiro atoms. The van der Waals surface area contributed by atoms with Crippen LogP contribution < -0.4 is 5.32 Å². The van der Waals surface area contributed by atoms with Crippen LogP contribution in [-0.4, -0.2) is 10.9 Å². The molecule has 1 aromatic carbocycles. The fraction of sp³-hybridized carbons (Fsp3) is 0.250. The van der Waals surface area contributed by atoms with Crippen LogP contribution in [0.5, 0.6) is 0 Å². The number of benzene rings is 1. The number of nitrogens with zero attached hydrogens (tertiary/aromatic N) is 1. The zero-order chi connectivity index (χ0) is 14.5. The molecule has 3 nitrogen and oxygen atoms in total. The van der Waals surface area contributed by atoms with E-state index < -0.39 is 5.82 Å². The van der Waals surface area contributed by atoms with Crippen LogP contribution in [0.3, 0.4) is 0 Å². The molecule has 1 aromatic heterocycles. The van der Waals surface area contributed by atoms with E-state index in [4.69, 9.17) is 0 Å². The van der Waals surface area contributed by atoms with Gasteiger partial charge in [-0.05, 0) is 42.2 Å². The van der Waals surface area contributed by atoms with Crippen LogP contribution in [-0.2, 0) is 6.42 Å². The monoisotopic (exact) mass is 272 g/mol. The number of carbonyl (C=O) groups is 1. The highest BCUT2D eigenvalue weighted by atomic mass is 19.1. The van der Waals surface area contributed by atoms with Gasteiger partial charge in [-0.2, -0.15) is 0 Å². The molecule has 0 bridgehead atoms. The number of halogens is 1. The second-order valence-electron chi connectivity index (χ2n) is 5.11. The number of hydrogen-bond donors (Lipinski definition) is 1. The zero-order valence-electron chi connectivity index (χ0n) is 11.6. The van der Waals surface area contributed by atoms with Crippen LogP contribution in [0.25, 0.3) is 0 Å². The van der Waals surface area contributed by atoms with Crippen LogP contribution in [0.2, 0.25) is 0 Å². The molecule has 1 amide bonds. The van der Waals surface area contributed by atoms with Gasteiger partial charge in [0.1, 0.15) is 11.6 Å². The molecule has 2 aromatic rings. The molecule has 0 atom stereocenters. The molecule has 0 aliphatic rings. The topological polar surface area (TPSA) is 42.0 Å². The Morgan fingerprint density at radius 3 is 2.45 bits per heavy atom. The molecule has 0 saturated carbocycles. The molecular formula is C16H17FN2O. The summed E-state index contributed by atoms with van der Waals surface area (Å²) in [7, 11) is 0. The summed E-state index contributed by atoms with van der Waals surface area (Å²) in [5.74, 6) is 0.238. The molecule has 0 unspecified atom stereocenters. The van der Waals surface area contributed by atoms with Gasteiger partial charge in [-0.15, -0.1) is 0 Å². The maximum Gasteiger partial charge on any atom is 0.256 e. The van der Waals surface area contributed by atoms with Crippen molar-refractivity contribution in [2.45, 2.75) is 20.3 Å². The van der Waals surface area contributed by atoms with Crippen molar-refractivity contribution in [2.24, 2.45) is 5.92 Å². The summed E-state index contributed by atoms with van der Waals surface area (Å²) >= 11 is 0. The summed E-state index contributed by atoms with van der Waals surface area (Å²) in [5.41, 5.74) is 1.76. The average Bonchev–Trinajstić information content (AvgIpc) is 2.41. The third kappa shape index (κ3) is 3.88. The van der Waals surface area contributed by atoms with Crippen molar-refractivity contribution in [1.82, 2.24) is 4.98 Å². The van der Waals surface area contributed by atoms with E-state index in [2.05, 4.69) is 24.1 Å². The number of aromatic nitrogens is 1. The van der Waals surface area contributed by atoms with Gasteiger partial charge in [0, 0.05) is 5.56 Å². The molecule has 0 fully saturated rings. The highest BCUT2D eigenvalue weighted by Gasteiger charge is 2.07. The van der Waals surface area contributed by atoms with Gasteiger partial charge in [0.15, 0.2) is 0 Å². The summed E-state index contributed by atoms with van der Waals surface area (Å²) in [6.45, 7) is 4.31. The molecule has 4 heteroatoms. The Hall–Kier alpha value is -2.23. The SMILES string of the molecule is CC(C)Cc1ccc(C(=O)Nc2ccc(F)cn2)cc1. The first kappa shape index (κ1) is 14.2. The minimum Gasteiger partial charge on any atom is -0.307 e. The average molecular weight is 272 g/mol. The third-order valence-corrected chi connectivity index (χ3v) is 2.83. The smallest absolute Gasteiger partial charge is 0.256 e. The second kappa shape index (κ2) is 6.28. The van der Waals surface area contributed by atoms with Crippen LogP contribution in [0.1, 0.15) is 29.8 Å². The van der Waals surface area contributed by atoms with Crippen LogP contribution in [0.15, 0.2) is 42.6 Å². The van der Waals surface area contributed by atoms with Crippen LogP contribution in [0.4, 0.5) is 10.2 Å². The predicted molar refractivity (Wildman–Crippen MR) is 77.1 cm³/mol. The molecule has 1 N–H and O–H groups in total. The first-order chi connectivity index (χ1) is 9.54.